The second-order valence-electron chi connectivity index (χ2n) is 7.53. The minimum Gasteiger partial charge on any atom is -0.410 e. The van der Waals surface area contributed by atoms with E-state index in [0.717, 1.165) is 16.7 Å². The number of piperidine rings is 1. The minimum atomic E-state index is -0.478. The molecule has 0 spiro atoms. The molecule has 0 aromatic heterocycles. The Labute approximate surface area is 182 Å². The minimum absolute atomic E-state index is 0.0490. The Morgan fingerprint density at radius 1 is 0.774 bits per heavy atom. The number of carbonyl (C=O) groups excluding carboxylic acids is 2. The maximum atomic E-state index is 13.2. The predicted molar refractivity (Wildman–Crippen MR) is 123 cm³/mol. The number of Topliss-reactive ketones (excluding diaryl/α,β-unsaturated/α-hetero) is 1. The molecule has 3 aromatic rings. The van der Waals surface area contributed by atoms with E-state index in [-0.39, 0.29) is 18.9 Å². The molecule has 0 saturated carbocycles. The maximum absolute atomic E-state index is 13.2. The Hall–Kier alpha value is -3.92. The predicted octanol–water partition coefficient (Wildman–Crippen LogP) is 5.55. The van der Waals surface area contributed by atoms with Crippen molar-refractivity contribution in [3.63, 3.8) is 0 Å². The van der Waals surface area contributed by atoms with Gasteiger partial charge in [-0.2, -0.15) is 0 Å². The summed E-state index contributed by atoms with van der Waals surface area (Å²) in [5.41, 5.74) is 4.03. The molecule has 1 amide bonds. The molecule has 0 unspecified atom stereocenters. The third-order valence-electron chi connectivity index (χ3n) is 5.07. The van der Waals surface area contributed by atoms with E-state index in [1.54, 1.807) is 17.0 Å². The number of hydrogen-bond donors (Lipinski definition) is 0. The Balaban J connectivity index is 1.64. The Morgan fingerprint density at radius 2 is 1.26 bits per heavy atom. The van der Waals surface area contributed by atoms with Gasteiger partial charge in [0, 0.05) is 11.1 Å². The van der Waals surface area contributed by atoms with Crippen molar-refractivity contribution >= 4 is 24.0 Å². The lowest BCUT2D eigenvalue weighted by Gasteiger charge is -2.29. The molecule has 0 bridgehead atoms. The van der Waals surface area contributed by atoms with Crippen LogP contribution in [0.15, 0.2) is 96.1 Å². The van der Waals surface area contributed by atoms with Gasteiger partial charge in [0.05, 0.1) is 13.1 Å². The van der Waals surface area contributed by atoms with Crippen molar-refractivity contribution in [2.75, 3.05) is 13.1 Å². The van der Waals surface area contributed by atoms with Gasteiger partial charge in [0.2, 0.25) is 0 Å². The van der Waals surface area contributed by atoms with Crippen molar-refractivity contribution in [1.29, 1.82) is 0 Å². The highest BCUT2D eigenvalue weighted by atomic mass is 16.6. The summed E-state index contributed by atoms with van der Waals surface area (Å²) >= 11 is 0. The fourth-order valence-corrected chi connectivity index (χ4v) is 3.44. The van der Waals surface area contributed by atoms with Crippen LogP contribution in [0.25, 0.3) is 12.2 Å². The van der Waals surface area contributed by atoms with Gasteiger partial charge in [-0.15, -0.1) is 0 Å². The standard InChI is InChI=1S/C27H23NO3/c1-20-12-14-25(15-13-20)31-27(30)28-18-23(16-21-8-4-2-5-9-21)26(29)24(19-28)17-22-10-6-3-7-11-22/h2-17H,18-19H2,1H3/b23-16-,24-17+. The van der Waals surface area contributed by atoms with Gasteiger partial charge in [0.1, 0.15) is 5.75 Å². The Bertz CT molecular complexity index is 1070. The zero-order chi connectivity index (χ0) is 21.6. The number of nitrogens with zero attached hydrogens (tertiary/aromatic N) is 1. The average molecular weight is 409 g/mol. The van der Waals surface area contributed by atoms with Gasteiger partial charge >= 0.3 is 6.09 Å². The summed E-state index contributed by atoms with van der Waals surface area (Å²) in [5.74, 6) is 0.432. The summed E-state index contributed by atoms with van der Waals surface area (Å²) in [6.07, 6.45) is 3.20. The lowest BCUT2D eigenvalue weighted by atomic mass is 9.94. The topological polar surface area (TPSA) is 46.6 Å². The average Bonchev–Trinajstić information content (AvgIpc) is 2.79. The van der Waals surface area contributed by atoms with Gasteiger partial charge < -0.3 is 4.74 Å². The maximum Gasteiger partial charge on any atom is 0.415 e. The highest BCUT2D eigenvalue weighted by Crippen LogP contribution is 2.23. The molecule has 1 fully saturated rings. The molecule has 4 nitrogen and oxygen atoms in total. The number of aryl methyl sites for hydroxylation is 1. The number of rotatable bonds is 3. The summed E-state index contributed by atoms with van der Waals surface area (Å²) < 4.78 is 5.56. The second kappa shape index (κ2) is 9.26. The lowest BCUT2D eigenvalue weighted by Crippen LogP contribution is -2.43. The van der Waals surface area contributed by atoms with Crippen molar-refractivity contribution in [3.05, 3.63) is 113 Å². The van der Waals surface area contributed by atoms with Crippen molar-refractivity contribution in [2.45, 2.75) is 6.92 Å². The van der Waals surface area contributed by atoms with Crippen molar-refractivity contribution in [3.8, 4) is 5.75 Å². The van der Waals surface area contributed by atoms with Crippen LogP contribution >= 0.6 is 0 Å². The normalized spacial score (nSPS) is 16.5. The molecular formula is C27H23NO3. The fourth-order valence-electron chi connectivity index (χ4n) is 3.44. The summed E-state index contributed by atoms with van der Waals surface area (Å²) in [5, 5.41) is 0. The number of carbonyl (C=O) groups is 2. The van der Waals surface area contributed by atoms with Crippen LogP contribution in [-0.4, -0.2) is 29.9 Å². The molecule has 4 heteroatoms. The smallest absolute Gasteiger partial charge is 0.410 e. The van der Waals surface area contributed by atoms with Gasteiger partial charge in [-0.3, -0.25) is 9.69 Å². The van der Waals surface area contributed by atoms with Crippen molar-refractivity contribution in [2.24, 2.45) is 0 Å². The van der Waals surface area contributed by atoms with Gasteiger partial charge in [-0.05, 0) is 42.3 Å². The van der Waals surface area contributed by atoms with Crippen molar-refractivity contribution < 1.29 is 14.3 Å². The molecule has 0 aliphatic carbocycles. The van der Waals surface area contributed by atoms with E-state index in [4.69, 9.17) is 4.74 Å². The monoisotopic (exact) mass is 409 g/mol. The number of benzene rings is 3. The fraction of sp³-hybridized carbons (Fsp3) is 0.111. The molecule has 4 rings (SSSR count). The summed E-state index contributed by atoms with van der Waals surface area (Å²) in [7, 11) is 0. The Kier molecular flexibility index (Phi) is 6.08. The van der Waals surface area contributed by atoms with E-state index in [9.17, 15) is 9.59 Å². The van der Waals surface area contributed by atoms with Crippen LogP contribution in [0.3, 0.4) is 0 Å². The molecule has 0 radical (unpaired) electrons. The largest absolute Gasteiger partial charge is 0.415 e. The first-order valence-corrected chi connectivity index (χ1v) is 10.2. The zero-order valence-electron chi connectivity index (χ0n) is 17.3. The van der Waals surface area contributed by atoms with Crippen LogP contribution in [0.2, 0.25) is 0 Å². The van der Waals surface area contributed by atoms with Crippen LogP contribution < -0.4 is 4.74 Å². The highest BCUT2D eigenvalue weighted by Gasteiger charge is 2.30. The van der Waals surface area contributed by atoms with Crippen LogP contribution in [-0.2, 0) is 4.79 Å². The summed E-state index contributed by atoms with van der Waals surface area (Å²) in [6, 6.07) is 26.6. The number of likely N-dealkylation sites (tertiary alicyclic amines) is 1. The highest BCUT2D eigenvalue weighted by molar-refractivity contribution is 6.15. The molecule has 1 aliphatic heterocycles. The molecule has 154 valence electrons. The van der Waals surface area contributed by atoms with Crippen molar-refractivity contribution in [1.82, 2.24) is 4.90 Å². The number of ketones is 1. The summed E-state index contributed by atoms with van der Waals surface area (Å²) in [6.45, 7) is 2.37. The van der Waals surface area contributed by atoms with E-state index in [1.165, 1.54) is 0 Å². The lowest BCUT2D eigenvalue weighted by molar-refractivity contribution is -0.113. The summed E-state index contributed by atoms with van der Waals surface area (Å²) in [4.78, 5) is 27.6. The molecule has 31 heavy (non-hydrogen) atoms. The number of hydrogen-bond acceptors (Lipinski definition) is 3. The number of amides is 1. The first-order chi connectivity index (χ1) is 15.1. The molecular weight excluding hydrogens is 386 g/mol. The second-order valence-corrected chi connectivity index (χ2v) is 7.53. The molecule has 3 aromatic carbocycles. The van der Waals surface area contributed by atoms with Gasteiger partial charge in [-0.25, -0.2) is 4.79 Å². The van der Waals surface area contributed by atoms with E-state index in [2.05, 4.69) is 0 Å². The quantitative estimate of drug-likeness (QED) is 0.533. The van der Waals surface area contributed by atoms with Gasteiger partial charge in [0.15, 0.2) is 5.78 Å². The molecule has 1 heterocycles. The van der Waals surface area contributed by atoms with Crippen LogP contribution in [0.5, 0.6) is 5.75 Å². The van der Waals surface area contributed by atoms with E-state index in [0.29, 0.717) is 16.9 Å². The first-order valence-electron chi connectivity index (χ1n) is 10.2. The SMILES string of the molecule is Cc1ccc(OC(=O)N2C/C(=C/c3ccccc3)C(=O)/C(=C/c3ccccc3)C2)cc1. The van der Waals surface area contributed by atoms with Crippen LogP contribution in [0.4, 0.5) is 4.79 Å². The molecule has 0 atom stereocenters. The van der Waals surface area contributed by atoms with Gasteiger partial charge in [-0.1, -0.05) is 78.4 Å². The number of ether oxygens (including phenoxy) is 1. The Morgan fingerprint density at radius 3 is 1.74 bits per heavy atom. The molecule has 1 saturated heterocycles. The van der Waals surface area contributed by atoms with E-state index in [1.807, 2.05) is 91.9 Å². The third-order valence-corrected chi connectivity index (χ3v) is 5.07. The first kappa shape index (κ1) is 20.4. The van der Waals surface area contributed by atoms with Gasteiger partial charge in [0.25, 0.3) is 0 Å². The van der Waals surface area contributed by atoms with E-state index >= 15 is 0 Å². The third kappa shape index (κ3) is 5.17. The van der Waals surface area contributed by atoms with E-state index < -0.39 is 6.09 Å². The molecule has 1 aliphatic rings. The van der Waals surface area contributed by atoms with Crippen LogP contribution in [0.1, 0.15) is 16.7 Å². The van der Waals surface area contributed by atoms with Crippen LogP contribution in [0, 0.1) is 6.92 Å². The molecule has 0 N–H and O–H groups in total. The zero-order valence-corrected chi connectivity index (χ0v) is 17.3.